The molecule has 14 heteroatoms. The number of aromatic nitrogens is 2. The van der Waals surface area contributed by atoms with Gasteiger partial charge in [-0.25, -0.2) is 13.4 Å². The van der Waals surface area contributed by atoms with Gasteiger partial charge in [-0.2, -0.15) is 26.3 Å². The zero-order chi connectivity index (χ0) is 24.7. The Hall–Kier alpha value is -2.74. The second kappa shape index (κ2) is 8.56. The molecule has 0 spiro atoms. The molecule has 0 saturated heterocycles. The predicted molar refractivity (Wildman–Crippen MR) is 102 cm³/mol. The maximum Gasteiger partial charge on any atom is 0.430 e. The Labute approximate surface area is 183 Å². The first-order chi connectivity index (χ1) is 15.1. The molecule has 0 radical (unpaired) electrons. The van der Waals surface area contributed by atoms with Crippen molar-refractivity contribution in [1.29, 1.82) is 0 Å². The van der Waals surface area contributed by atoms with E-state index in [9.17, 15) is 44.7 Å². The lowest BCUT2D eigenvalue weighted by molar-refractivity contribution is -0.376. The number of halogens is 6. The molecule has 2 N–H and O–H groups in total. The lowest BCUT2D eigenvalue weighted by atomic mass is 9.92. The van der Waals surface area contributed by atoms with Crippen molar-refractivity contribution in [1.82, 2.24) is 9.97 Å². The molecular weight excluding hydrogens is 480 g/mol. The van der Waals surface area contributed by atoms with E-state index in [-0.39, 0.29) is 34.5 Å². The third kappa shape index (κ3) is 5.43. The highest BCUT2D eigenvalue weighted by Crippen LogP contribution is 2.50. The first kappa shape index (κ1) is 24.9. The highest BCUT2D eigenvalue weighted by atomic mass is 32.2. The molecule has 180 valence electrons. The largest absolute Gasteiger partial charge is 0.430 e. The maximum absolute atomic E-state index is 12.9. The summed E-state index contributed by atoms with van der Waals surface area (Å²) in [6, 6.07) is 2.34. The number of nitrogens with one attached hydrogen (secondary N) is 1. The van der Waals surface area contributed by atoms with Crippen LogP contribution in [0.5, 0.6) is 0 Å². The number of aliphatic hydroxyl groups is 1. The summed E-state index contributed by atoms with van der Waals surface area (Å²) < 4.78 is 102. The van der Waals surface area contributed by atoms with Crippen molar-refractivity contribution in [3.63, 3.8) is 0 Å². The van der Waals surface area contributed by atoms with Crippen molar-refractivity contribution in [3.05, 3.63) is 47.9 Å². The summed E-state index contributed by atoms with van der Waals surface area (Å²) >= 11 is 0. The zero-order valence-corrected chi connectivity index (χ0v) is 17.4. The highest BCUT2D eigenvalue weighted by Gasteiger charge is 2.71. The summed E-state index contributed by atoms with van der Waals surface area (Å²) in [6.07, 6.45) is -8.65. The van der Waals surface area contributed by atoms with E-state index in [4.69, 9.17) is 0 Å². The number of hydrogen-bond acceptors (Lipinski definition) is 6. The van der Waals surface area contributed by atoms with Crippen LogP contribution in [0.1, 0.15) is 24.1 Å². The van der Waals surface area contributed by atoms with Gasteiger partial charge >= 0.3 is 12.4 Å². The Morgan fingerprint density at radius 1 is 1.00 bits per heavy atom. The molecular formula is C19H17F6N3O4S. The smallest absolute Gasteiger partial charge is 0.369 e. The maximum atomic E-state index is 12.9. The van der Waals surface area contributed by atoms with Crippen LogP contribution in [0.15, 0.2) is 41.7 Å². The minimum absolute atomic E-state index is 0.0324. The third-order valence-electron chi connectivity index (χ3n) is 4.90. The van der Waals surface area contributed by atoms with E-state index in [0.29, 0.717) is 12.1 Å². The van der Waals surface area contributed by atoms with Crippen molar-refractivity contribution in [3.8, 4) is 0 Å². The molecule has 1 saturated carbocycles. The van der Waals surface area contributed by atoms with Crippen LogP contribution in [-0.2, 0) is 26.7 Å². The van der Waals surface area contributed by atoms with Crippen LogP contribution >= 0.6 is 0 Å². The molecule has 7 nitrogen and oxygen atoms in total. The number of nitrogens with zero attached hydrogens (tertiary/aromatic N) is 2. The van der Waals surface area contributed by atoms with Gasteiger partial charge in [-0.1, -0.05) is 12.1 Å². The molecule has 0 atom stereocenters. The summed E-state index contributed by atoms with van der Waals surface area (Å²) in [7, 11) is -3.58. The summed E-state index contributed by atoms with van der Waals surface area (Å²) in [6.45, 7) is 0. The Kier molecular flexibility index (Phi) is 6.45. The standard InChI is InChI=1S/C19H17F6N3O4S/c20-18(21,22)17(30,19(23,24)25)12-3-5-13(6-4-12)28-15(29)7-14-8-27-16(9-26-14)33(31,32)10-11-1-2-11/h3-6,8-9,11,30H,1-2,7,10H2,(H,28,29). The van der Waals surface area contributed by atoms with Crippen molar-refractivity contribution in [2.45, 2.75) is 42.2 Å². The first-order valence-electron chi connectivity index (χ1n) is 9.43. The van der Waals surface area contributed by atoms with Crippen LogP contribution in [-0.4, -0.2) is 47.5 Å². The number of carbonyl (C=O) groups is 1. The molecule has 1 aliphatic carbocycles. The first-order valence-corrected chi connectivity index (χ1v) is 11.1. The lowest BCUT2D eigenvalue weighted by Crippen LogP contribution is -2.53. The van der Waals surface area contributed by atoms with E-state index in [1.807, 2.05) is 0 Å². The zero-order valence-electron chi connectivity index (χ0n) is 16.6. The van der Waals surface area contributed by atoms with E-state index < -0.39 is 39.3 Å². The van der Waals surface area contributed by atoms with E-state index in [1.54, 1.807) is 0 Å². The normalized spacial score (nSPS) is 15.4. The van der Waals surface area contributed by atoms with E-state index in [2.05, 4.69) is 15.3 Å². The fourth-order valence-corrected chi connectivity index (χ4v) is 4.48. The molecule has 0 unspecified atom stereocenters. The lowest BCUT2D eigenvalue weighted by Gasteiger charge is -2.32. The molecule has 0 aliphatic heterocycles. The number of hydrogen-bond donors (Lipinski definition) is 2. The fourth-order valence-electron chi connectivity index (χ4n) is 2.93. The number of amides is 1. The van der Waals surface area contributed by atoms with Gasteiger partial charge in [-0.3, -0.25) is 9.78 Å². The third-order valence-corrected chi connectivity index (χ3v) is 6.66. The van der Waals surface area contributed by atoms with Crippen LogP contribution in [0, 0.1) is 5.92 Å². The van der Waals surface area contributed by atoms with Gasteiger partial charge in [-0.05, 0) is 30.9 Å². The molecule has 0 bridgehead atoms. The van der Waals surface area contributed by atoms with Gasteiger partial charge < -0.3 is 10.4 Å². The number of rotatable bonds is 7. The Bertz CT molecular complexity index is 1100. The topological polar surface area (TPSA) is 109 Å². The molecule has 1 aromatic carbocycles. The molecule has 33 heavy (non-hydrogen) atoms. The van der Waals surface area contributed by atoms with Crippen LogP contribution < -0.4 is 5.32 Å². The van der Waals surface area contributed by atoms with Gasteiger partial charge in [0.25, 0.3) is 5.60 Å². The van der Waals surface area contributed by atoms with Gasteiger partial charge in [0.2, 0.25) is 5.91 Å². The van der Waals surface area contributed by atoms with Crippen LogP contribution in [0.2, 0.25) is 0 Å². The quantitative estimate of drug-likeness (QED) is 0.569. The van der Waals surface area contributed by atoms with E-state index >= 15 is 0 Å². The number of alkyl halides is 6. The molecule has 1 amide bonds. The van der Waals surface area contributed by atoms with Crippen molar-refractivity contribution < 1.29 is 44.7 Å². The molecule has 1 fully saturated rings. The Balaban J connectivity index is 1.66. The average molecular weight is 497 g/mol. The average Bonchev–Trinajstić information content (AvgIpc) is 3.50. The summed E-state index contributed by atoms with van der Waals surface area (Å²) in [5, 5.41) is 11.4. The second-order valence-electron chi connectivity index (χ2n) is 7.58. The predicted octanol–water partition coefficient (Wildman–Crippen LogP) is 3.15. The van der Waals surface area contributed by atoms with E-state index in [1.165, 1.54) is 0 Å². The number of carbonyl (C=O) groups excluding carboxylic acids is 1. The van der Waals surface area contributed by atoms with Gasteiger partial charge in [-0.15, -0.1) is 0 Å². The minimum atomic E-state index is -6.02. The SMILES string of the molecule is O=C(Cc1cnc(S(=O)(=O)CC2CC2)cn1)Nc1ccc(C(O)(C(F)(F)F)C(F)(F)F)cc1. The van der Waals surface area contributed by atoms with Crippen LogP contribution in [0.4, 0.5) is 32.0 Å². The fraction of sp³-hybridized carbons (Fsp3) is 0.421. The van der Waals surface area contributed by atoms with Gasteiger partial charge in [0.05, 0.1) is 30.3 Å². The molecule has 1 heterocycles. The van der Waals surface area contributed by atoms with Gasteiger partial charge in [0.15, 0.2) is 14.9 Å². The molecule has 3 rings (SSSR count). The van der Waals surface area contributed by atoms with Crippen molar-refractivity contribution >= 4 is 21.4 Å². The van der Waals surface area contributed by atoms with Gasteiger partial charge in [0, 0.05) is 11.3 Å². The van der Waals surface area contributed by atoms with Crippen LogP contribution in [0.25, 0.3) is 0 Å². The molecule has 1 aromatic heterocycles. The van der Waals surface area contributed by atoms with E-state index in [0.717, 1.165) is 37.4 Å². The number of anilines is 1. The number of benzene rings is 1. The van der Waals surface area contributed by atoms with Gasteiger partial charge in [0.1, 0.15) is 0 Å². The monoisotopic (exact) mass is 497 g/mol. The number of sulfone groups is 1. The van der Waals surface area contributed by atoms with Crippen LogP contribution in [0.3, 0.4) is 0 Å². The molecule has 2 aromatic rings. The van der Waals surface area contributed by atoms with Crippen molar-refractivity contribution in [2.24, 2.45) is 5.92 Å². The Morgan fingerprint density at radius 2 is 1.58 bits per heavy atom. The molecule has 1 aliphatic rings. The summed E-state index contributed by atoms with van der Waals surface area (Å²) in [4.78, 5) is 19.8. The highest BCUT2D eigenvalue weighted by molar-refractivity contribution is 7.91. The summed E-state index contributed by atoms with van der Waals surface area (Å²) in [5.41, 5.74) is -6.57. The van der Waals surface area contributed by atoms with Crippen molar-refractivity contribution in [2.75, 3.05) is 11.1 Å². The summed E-state index contributed by atoms with van der Waals surface area (Å²) in [5.74, 6) is -0.653. The Morgan fingerprint density at radius 3 is 2.03 bits per heavy atom. The minimum Gasteiger partial charge on any atom is -0.369 e. The second-order valence-corrected chi connectivity index (χ2v) is 9.56.